The van der Waals surface area contributed by atoms with E-state index in [0.717, 1.165) is 16.3 Å². The van der Waals surface area contributed by atoms with E-state index in [1.54, 1.807) is 22.7 Å². The highest BCUT2D eigenvalue weighted by Gasteiger charge is 2.18. The Morgan fingerprint density at radius 3 is 2.75 bits per heavy atom. The Morgan fingerprint density at radius 2 is 2.25 bits per heavy atom. The lowest BCUT2D eigenvalue weighted by molar-refractivity contribution is 0.656. The second kappa shape index (κ2) is 5.29. The molecule has 2 nitrogen and oxygen atoms in total. The molecule has 0 saturated carbocycles. The molecule has 2 aromatic rings. The summed E-state index contributed by atoms with van der Waals surface area (Å²) in [6, 6.07) is 6.17. The lowest BCUT2D eigenvalue weighted by Gasteiger charge is -2.12. The molecule has 3 N–H and O–H groups in total. The average molecular weight is 273 g/mol. The van der Waals surface area contributed by atoms with Gasteiger partial charge in [0.2, 0.25) is 0 Å². The number of hydrogen-bond acceptors (Lipinski definition) is 4. The van der Waals surface area contributed by atoms with Gasteiger partial charge in [0, 0.05) is 14.6 Å². The standard InChI is InChI=1S/C11H13ClN2S2/c1-2-7-3-4-9(16-7)10(14-13)11-8(12)5-6-15-11/h3-6,10,14H,2,13H2,1H3. The van der Waals surface area contributed by atoms with Gasteiger partial charge in [-0.05, 0) is 30.0 Å². The first-order valence-corrected chi connectivity index (χ1v) is 7.11. The minimum Gasteiger partial charge on any atom is -0.271 e. The van der Waals surface area contributed by atoms with E-state index in [-0.39, 0.29) is 6.04 Å². The number of nitrogens with two attached hydrogens (primary N) is 1. The second-order valence-corrected chi connectivity index (χ2v) is 5.94. The van der Waals surface area contributed by atoms with Crippen LogP contribution in [0.1, 0.15) is 27.6 Å². The fourth-order valence-electron chi connectivity index (χ4n) is 1.54. The largest absolute Gasteiger partial charge is 0.271 e. The van der Waals surface area contributed by atoms with Gasteiger partial charge in [-0.2, -0.15) is 0 Å². The van der Waals surface area contributed by atoms with Crippen LogP contribution in [0.15, 0.2) is 23.6 Å². The van der Waals surface area contributed by atoms with Gasteiger partial charge < -0.3 is 0 Å². The number of hydrazine groups is 1. The number of thiophene rings is 2. The van der Waals surface area contributed by atoms with E-state index in [2.05, 4.69) is 24.5 Å². The fraction of sp³-hybridized carbons (Fsp3) is 0.273. The average Bonchev–Trinajstić information content (AvgIpc) is 2.90. The molecule has 0 spiro atoms. The minimum atomic E-state index is 0.0119. The molecule has 5 heteroatoms. The van der Waals surface area contributed by atoms with Crippen molar-refractivity contribution in [3.05, 3.63) is 43.2 Å². The van der Waals surface area contributed by atoms with Crippen molar-refractivity contribution >= 4 is 34.3 Å². The summed E-state index contributed by atoms with van der Waals surface area (Å²) in [6.07, 6.45) is 1.06. The van der Waals surface area contributed by atoms with Gasteiger partial charge in [-0.15, -0.1) is 22.7 Å². The van der Waals surface area contributed by atoms with Crippen LogP contribution in [-0.2, 0) is 6.42 Å². The molecule has 0 aromatic carbocycles. The van der Waals surface area contributed by atoms with E-state index < -0.39 is 0 Å². The van der Waals surface area contributed by atoms with E-state index >= 15 is 0 Å². The first-order valence-electron chi connectivity index (χ1n) is 5.04. The molecule has 0 radical (unpaired) electrons. The second-order valence-electron chi connectivity index (χ2n) is 3.39. The molecule has 86 valence electrons. The van der Waals surface area contributed by atoms with Gasteiger partial charge in [0.05, 0.1) is 11.1 Å². The maximum atomic E-state index is 6.12. The predicted octanol–water partition coefficient (Wildman–Crippen LogP) is 3.58. The Kier molecular flexibility index (Phi) is 4.00. The summed E-state index contributed by atoms with van der Waals surface area (Å²) in [5.74, 6) is 5.62. The zero-order valence-corrected chi connectivity index (χ0v) is 11.3. The molecular weight excluding hydrogens is 260 g/mol. The normalized spacial score (nSPS) is 12.9. The number of aryl methyl sites for hydroxylation is 1. The van der Waals surface area contributed by atoms with Gasteiger partial charge in [0.25, 0.3) is 0 Å². The van der Waals surface area contributed by atoms with E-state index in [9.17, 15) is 0 Å². The third-order valence-electron chi connectivity index (χ3n) is 2.39. The zero-order valence-electron chi connectivity index (χ0n) is 8.87. The van der Waals surface area contributed by atoms with Gasteiger partial charge in [-0.25, -0.2) is 5.43 Å². The van der Waals surface area contributed by atoms with Crippen LogP contribution in [0.2, 0.25) is 5.02 Å². The molecule has 0 saturated heterocycles. The van der Waals surface area contributed by atoms with Crippen LogP contribution >= 0.6 is 34.3 Å². The van der Waals surface area contributed by atoms with Gasteiger partial charge in [0.1, 0.15) is 0 Å². The van der Waals surface area contributed by atoms with Crippen LogP contribution in [0.4, 0.5) is 0 Å². The molecule has 0 fully saturated rings. The highest BCUT2D eigenvalue weighted by molar-refractivity contribution is 7.13. The van der Waals surface area contributed by atoms with E-state index in [1.807, 2.05) is 11.4 Å². The lowest BCUT2D eigenvalue weighted by Crippen LogP contribution is -2.27. The summed E-state index contributed by atoms with van der Waals surface area (Å²) in [5.41, 5.74) is 2.84. The summed E-state index contributed by atoms with van der Waals surface area (Å²) in [7, 11) is 0. The summed E-state index contributed by atoms with van der Waals surface area (Å²) >= 11 is 9.53. The maximum Gasteiger partial charge on any atom is 0.0909 e. The van der Waals surface area contributed by atoms with E-state index in [4.69, 9.17) is 17.4 Å². The van der Waals surface area contributed by atoms with E-state index in [1.165, 1.54) is 9.75 Å². The summed E-state index contributed by atoms with van der Waals surface area (Å²) in [6.45, 7) is 2.15. The van der Waals surface area contributed by atoms with Gasteiger partial charge >= 0.3 is 0 Å². The Balaban J connectivity index is 2.32. The van der Waals surface area contributed by atoms with E-state index in [0.29, 0.717) is 0 Å². The predicted molar refractivity (Wildman–Crippen MR) is 72.2 cm³/mol. The monoisotopic (exact) mass is 272 g/mol. The van der Waals surface area contributed by atoms with Gasteiger partial charge in [-0.3, -0.25) is 5.84 Å². The Hall–Kier alpha value is -0.390. The molecule has 0 aliphatic carbocycles. The van der Waals surface area contributed by atoms with Crippen molar-refractivity contribution in [2.75, 3.05) is 0 Å². The van der Waals surface area contributed by atoms with Crippen LogP contribution < -0.4 is 11.3 Å². The number of halogens is 1. The minimum absolute atomic E-state index is 0.0119. The van der Waals surface area contributed by atoms with Crippen LogP contribution in [-0.4, -0.2) is 0 Å². The molecule has 2 rings (SSSR count). The van der Waals surface area contributed by atoms with Crippen molar-refractivity contribution in [3.63, 3.8) is 0 Å². The third-order valence-corrected chi connectivity index (χ3v) is 5.11. The third kappa shape index (κ3) is 2.31. The molecule has 2 aromatic heterocycles. The fourth-order valence-corrected chi connectivity index (χ4v) is 3.88. The first-order chi connectivity index (χ1) is 7.76. The molecule has 0 bridgehead atoms. The van der Waals surface area contributed by atoms with Crippen LogP contribution in [0, 0.1) is 0 Å². The van der Waals surface area contributed by atoms with Crippen molar-refractivity contribution in [2.45, 2.75) is 19.4 Å². The van der Waals surface area contributed by atoms with Crippen molar-refractivity contribution in [2.24, 2.45) is 5.84 Å². The van der Waals surface area contributed by atoms with Crippen molar-refractivity contribution in [1.29, 1.82) is 0 Å². The molecule has 16 heavy (non-hydrogen) atoms. The zero-order chi connectivity index (χ0) is 11.5. The first kappa shape index (κ1) is 12.1. The highest BCUT2D eigenvalue weighted by Crippen LogP contribution is 2.35. The molecule has 1 atom stereocenters. The van der Waals surface area contributed by atoms with Crippen LogP contribution in [0.25, 0.3) is 0 Å². The Morgan fingerprint density at radius 1 is 1.44 bits per heavy atom. The van der Waals surface area contributed by atoms with Gasteiger partial charge in [-0.1, -0.05) is 18.5 Å². The molecule has 0 aliphatic rings. The molecule has 1 unspecified atom stereocenters. The van der Waals surface area contributed by atoms with Crippen LogP contribution in [0.5, 0.6) is 0 Å². The molecule has 0 aliphatic heterocycles. The highest BCUT2D eigenvalue weighted by atomic mass is 35.5. The summed E-state index contributed by atoms with van der Waals surface area (Å²) in [4.78, 5) is 3.65. The maximum absolute atomic E-state index is 6.12. The number of hydrogen-bond donors (Lipinski definition) is 2. The topological polar surface area (TPSA) is 38.0 Å². The van der Waals surface area contributed by atoms with Crippen LogP contribution in [0.3, 0.4) is 0 Å². The molecule has 2 heterocycles. The van der Waals surface area contributed by atoms with Crippen molar-refractivity contribution in [1.82, 2.24) is 5.43 Å². The molecule has 0 amide bonds. The lowest BCUT2D eigenvalue weighted by atomic mass is 10.2. The smallest absolute Gasteiger partial charge is 0.0909 e. The SMILES string of the molecule is CCc1ccc(C(NN)c2sccc2Cl)s1. The quantitative estimate of drug-likeness (QED) is 0.660. The summed E-state index contributed by atoms with van der Waals surface area (Å²) < 4.78 is 0. The Bertz CT molecular complexity index is 464. The number of nitrogens with one attached hydrogen (secondary N) is 1. The summed E-state index contributed by atoms with van der Waals surface area (Å²) in [5, 5.41) is 2.76. The molecular formula is C11H13ClN2S2. The number of rotatable bonds is 4. The van der Waals surface area contributed by atoms with Crippen molar-refractivity contribution in [3.8, 4) is 0 Å². The Labute approximate surface area is 108 Å². The van der Waals surface area contributed by atoms with Gasteiger partial charge in [0.15, 0.2) is 0 Å². The van der Waals surface area contributed by atoms with Crippen molar-refractivity contribution < 1.29 is 0 Å².